The first-order valence-electron chi connectivity index (χ1n) is 14.0. The normalized spacial score (nSPS) is 14.7. The number of hydrogen-bond donors (Lipinski definition) is 3. The third-order valence-corrected chi connectivity index (χ3v) is 7.88. The van der Waals surface area contributed by atoms with E-state index in [4.69, 9.17) is 0 Å². The number of thioether (sulfide) groups is 1. The number of imide groups is 1. The molecule has 3 rings (SSSR count). The maximum Gasteiger partial charge on any atom is 0.326 e. The van der Waals surface area contributed by atoms with Gasteiger partial charge >= 0.3 is 5.97 Å². The third-order valence-electron chi connectivity index (χ3n) is 6.81. The molecule has 10 nitrogen and oxygen atoms in total. The minimum atomic E-state index is -1.19. The number of carbonyl (C=O) groups is 6. The summed E-state index contributed by atoms with van der Waals surface area (Å²) < 4.78 is 0. The van der Waals surface area contributed by atoms with E-state index in [0.717, 1.165) is 17.3 Å². The van der Waals surface area contributed by atoms with Crippen molar-refractivity contribution in [2.45, 2.75) is 70.2 Å². The first kappa shape index (κ1) is 32.5. The molecular formula is C31H37N3O7S. The van der Waals surface area contributed by atoms with Crippen LogP contribution in [0, 0.1) is 5.92 Å². The Balaban J connectivity index is 1.60. The van der Waals surface area contributed by atoms with Crippen molar-refractivity contribution in [2.75, 3.05) is 6.54 Å². The van der Waals surface area contributed by atoms with Gasteiger partial charge in [-0.15, -0.1) is 0 Å². The fraction of sp³-hybridized carbons (Fsp3) is 0.419. The van der Waals surface area contributed by atoms with Gasteiger partial charge in [-0.25, -0.2) is 4.79 Å². The average molecular weight is 596 g/mol. The average Bonchev–Trinajstić information content (AvgIpc) is 3.18. The summed E-state index contributed by atoms with van der Waals surface area (Å²) in [5.74, 6) is -3.00. The Kier molecular flexibility index (Phi) is 11.8. The van der Waals surface area contributed by atoms with E-state index in [2.05, 4.69) is 10.6 Å². The summed E-state index contributed by atoms with van der Waals surface area (Å²) in [5.41, 5.74) is 1.49. The van der Waals surface area contributed by atoms with Crippen LogP contribution >= 0.6 is 11.8 Å². The van der Waals surface area contributed by atoms with Crippen molar-refractivity contribution in [2.24, 2.45) is 5.92 Å². The quantitative estimate of drug-likeness (QED) is 0.209. The number of rotatable bonds is 15. The largest absolute Gasteiger partial charge is 0.480 e. The molecule has 0 radical (unpaired) electrons. The number of nitrogens with one attached hydrogen (secondary N) is 2. The van der Waals surface area contributed by atoms with Crippen LogP contribution in [0.15, 0.2) is 54.6 Å². The van der Waals surface area contributed by atoms with Crippen molar-refractivity contribution in [1.82, 2.24) is 15.5 Å². The molecule has 3 N–H and O–H groups in total. The molecule has 0 saturated heterocycles. The van der Waals surface area contributed by atoms with E-state index in [1.807, 2.05) is 19.9 Å². The molecule has 0 bridgehead atoms. The summed E-state index contributed by atoms with van der Waals surface area (Å²) in [6.45, 7) is 5.29. The lowest BCUT2D eigenvalue weighted by Crippen LogP contribution is -2.54. The zero-order valence-electron chi connectivity index (χ0n) is 24.0. The van der Waals surface area contributed by atoms with Gasteiger partial charge in [-0.3, -0.25) is 28.9 Å². The zero-order chi connectivity index (χ0) is 30.8. The molecule has 0 aliphatic carbocycles. The minimum absolute atomic E-state index is 0.0111. The highest BCUT2D eigenvalue weighted by atomic mass is 32.2. The molecule has 2 aromatic rings. The van der Waals surface area contributed by atoms with E-state index in [1.165, 1.54) is 11.8 Å². The number of carbonyl (C=O) groups excluding carboxylic acids is 5. The molecule has 2 aromatic carbocycles. The standard InChI is InChI=1S/C31H37N3O7S/c1-19(2)17-24(27(36)33-25(31(40)41)18-21-11-5-4-6-12-21)32-28(37)26(42-20(3)35)15-9-10-16-34-29(38)22-13-7-8-14-23(22)30(34)39/h4-8,11-14,19,24-26H,9-10,15-18H2,1-3H3,(H,32,37)(H,33,36)(H,40,41)/t24-,25-,26?/m0/s1. The molecule has 0 saturated carbocycles. The van der Waals surface area contributed by atoms with Crippen LogP contribution in [0.3, 0.4) is 0 Å². The maximum atomic E-state index is 13.3. The highest BCUT2D eigenvalue weighted by Crippen LogP contribution is 2.24. The Hall–Kier alpha value is -3.99. The smallest absolute Gasteiger partial charge is 0.326 e. The second kappa shape index (κ2) is 15.3. The summed E-state index contributed by atoms with van der Waals surface area (Å²) in [5, 5.41) is 13.9. The number of hydrogen-bond acceptors (Lipinski definition) is 7. The number of benzene rings is 2. The van der Waals surface area contributed by atoms with Gasteiger partial charge in [0.1, 0.15) is 12.1 Å². The maximum absolute atomic E-state index is 13.3. The first-order chi connectivity index (χ1) is 20.0. The van der Waals surface area contributed by atoms with Crippen LogP contribution in [0.4, 0.5) is 0 Å². The molecule has 0 fully saturated rings. The van der Waals surface area contributed by atoms with Crippen LogP contribution in [0.5, 0.6) is 0 Å². The van der Waals surface area contributed by atoms with Gasteiger partial charge in [0.2, 0.25) is 11.8 Å². The molecule has 0 spiro atoms. The monoisotopic (exact) mass is 595 g/mol. The molecule has 1 aliphatic heterocycles. The molecule has 3 atom stereocenters. The Bertz CT molecular complexity index is 1280. The Morgan fingerprint density at radius 3 is 1.95 bits per heavy atom. The number of nitrogens with zero attached hydrogens (tertiary/aromatic N) is 1. The number of amides is 4. The van der Waals surface area contributed by atoms with Crippen LogP contribution in [0.2, 0.25) is 0 Å². The number of unbranched alkanes of at least 4 members (excludes halogenated alkanes) is 1. The highest BCUT2D eigenvalue weighted by Gasteiger charge is 2.35. The molecule has 1 unspecified atom stereocenters. The number of carboxylic acids is 1. The van der Waals surface area contributed by atoms with Gasteiger partial charge in [-0.2, -0.15) is 0 Å². The molecule has 0 aromatic heterocycles. The molecule has 1 aliphatic rings. The van der Waals surface area contributed by atoms with E-state index in [0.29, 0.717) is 24.0 Å². The fourth-order valence-electron chi connectivity index (χ4n) is 4.78. The minimum Gasteiger partial charge on any atom is -0.480 e. The molecule has 42 heavy (non-hydrogen) atoms. The van der Waals surface area contributed by atoms with Crippen molar-refractivity contribution >= 4 is 46.5 Å². The lowest BCUT2D eigenvalue weighted by atomic mass is 10.0. The zero-order valence-corrected chi connectivity index (χ0v) is 24.8. The molecule has 224 valence electrons. The van der Waals surface area contributed by atoms with Gasteiger partial charge in [-0.1, -0.05) is 74.5 Å². The van der Waals surface area contributed by atoms with Crippen molar-refractivity contribution in [3.05, 3.63) is 71.3 Å². The highest BCUT2D eigenvalue weighted by molar-refractivity contribution is 8.14. The molecule has 11 heteroatoms. The first-order valence-corrected chi connectivity index (χ1v) is 14.9. The van der Waals surface area contributed by atoms with Gasteiger partial charge in [0.05, 0.1) is 16.4 Å². The lowest BCUT2D eigenvalue weighted by molar-refractivity contribution is -0.142. The fourth-order valence-corrected chi connectivity index (χ4v) is 5.64. The summed E-state index contributed by atoms with van der Waals surface area (Å²) in [7, 11) is 0. The van der Waals surface area contributed by atoms with Crippen LogP contribution in [0.1, 0.15) is 72.7 Å². The Labute approximate surface area is 249 Å². The van der Waals surface area contributed by atoms with Crippen LogP contribution < -0.4 is 10.6 Å². The SMILES string of the molecule is CC(=O)SC(CCCCN1C(=O)c2ccccc2C1=O)C(=O)N[C@@H](CC(C)C)C(=O)N[C@@H](Cc1ccccc1)C(=O)O. The number of fused-ring (bicyclic) bond motifs is 1. The predicted octanol–water partition coefficient (Wildman–Crippen LogP) is 3.44. The number of carboxylic acid groups (broad SMARTS) is 1. The second-order valence-corrected chi connectivity index (χ2v) is 12.1. The summed E-state index contributed by atoms with van der Waals surface area (Å²) >= 11 is 0.850. The van der Waals surface area contributed by atoms with Crippen LogP contribution in [0.25, 0.3) is 0 Å². The lowest BCUT2D eigenvalue weighted by Gasteiger charge is -2.25. The van der Waals surface area contributed by atoms with Crippen molar-refractivity contribution in [3.63, 3.8) is 0 Å². The third kappa shape index (κ3) is 9.01. The molecule has 1 heterocycles. The molecular weight excluding hydrogens is 558 g/mol. The number of aliphatic carboxylic acids is 1. The van der Waals surface area contributed by atoms with Crippen LogP contribution in [-0.2, 0) is 25.6 Å². The predicted molar refractivity (Wildman–Crippen MR) is 159 cm³/mol. The van der Waals surface area contributed by atoms with Gasteiger partial charge < -0.3 is 15.7 Å². The van der Waals surface area contributed by atoms with Gasteiger partial charge in [0.15, 0.2) is 5.12 Å². The van der Waals surface area contributed by atoms with E-state index < -0.39 is 35.1 Å². The van der Waals surface area contributed by atoms with Gasteiger partial charge in [0, 0.05) is 19.9 Å². The Morgan fingerprint density at radius 1 is 0.833 bits per heavy atom. The van der Waals surface area contributed by atoms with Crippen molar-refractivity contribution in [3.8, 4) is 0 Å². The van der Waals surface area contributed by atoms with E-state index >= 15 is 0 Å². The van der Waals surface area contributed by atoms with E-state index in [-0.39, 0.29) is 48.7 Å². The summed E-state index contributed by atoms with van der Waals surface area (Å²) in [4.78, 5) is 76.7. The van der Waals surface area contributed by atoms with E-state index in [9.17, 15) is 33.9 Å². The van der Waals surface area contributed by atoms with Crippen LogP contribution in [-0.4, -0.2) is 68.6 Å². The molecule has 4 amide bonds. The van der Waals surface area contributed by atoms with Crippen molar-refractivity contribution < 1.29 is 33.9 Å². The Morgan fingerprint density at radius 2 is 1.40 bits per heavy atom. The van der Waals surface area contributed by atoms with E-state index in [1.54, 1.807) is 48.5 Å². The topological polar surface area (TPSA) is 150 Å². The van der Waals surface area contributed by atoms with Gasteiger partial charge in [0.25, 0.3) is 11.8 Å². The second-order valence-electron chi connectivity index (χ2n) is 10.7. The van der Waals surface area contributed by atoms with Gasteiger partial charge in [-0.05, 0) is 42.9 Å². The summed E-state index contributed by atoms with van der Waals surface area (Å²) in [6.07, 6.45) is 1.52. The summed E-state index contributed by atoms with van der Waals surface area (Å²) in [6, 6.07) is 13.4. The van der Waals surface area contributed by atoms with Crippen molar-refractivity contribution in [1.29, 1.82) is 0 Å².